The van der Waals surface area contributed by atoms with Crippen molar-refractivity contribution < 1.29 is 0 Å². The summed E-state index contributed by atoms with van der Waals surface area (Å²) in [6.07, 6.45) is 3.63. The van der Waals surface area contributed by atoms with Crippen LogP contribution in [-0.4, -0.2) is 24.1 Å². The van der Waals surface area contributed by atoms with Crippen LogP contribution in [0.25, 0.3) is 0 Å². The monoisotopic (exact) mass is 248 g/mol. The first kappa shape index (κ1) is 12.0. The minimum atomic E-state index is 0.819. The maximum atomic E-state index is 4.56. The van der Waals surface area contributed by atoms with Gasteiger partial charge in [0.25, 0.3) is 0 Å². The van der Waals surface area contributed by atoms with Crippen molar-refractivity contribution in [2.75, 3.05) is 19.0 Å². The van der Waals surface area contributed by atoms with Gasteiger partial charge >= 0.3 is 0 Å². The van der Waals surface area contributed by atoms with Crippen molar-refractivity contribution in [3.63, 3.8) is 0 Å². The lowest BCUT2D eigenvalue weighted by Gasteiger charge is -2.15. The van der Waals surface area contributed by atoms with Crippen LogP contribution in [0.1, 0.15) is 11.3 Å². The molecule has 0 saturated heterocycles. The van der Waals surface area contributed by atoms with Crippen LogP contribution in [0, 0.1) is 0 Å². The second kappa shape index (κ2) is 5.75. The molecule has 1 N–H and O–H groups in total. The van der Waals surface area contributed by atoms with E-state index in [4.69, 9.17) is 0 Å². The number of nitrogens with zero attached hydrogens (tertiary/aromatic N) is 3. The molecule has 0 aliphatic heterocycles. The van der Waals surface area contributed by atoms with Crippen LogP contribution in [-0.2, 0) is 13.1 Å². The van der Waals surface area contributed by atoms with E-state index < -0.39 is 0 Å². The summed E-state index contributed by atoms with van der Waals surface area (Å²) in [5.74, 6) is 0. The molecule has 0 aliphatic rings. The molecule has 2 heterocycles. The third kappa shape index (κ3) is 3.25. The number of aromatic nitrogens is 2. The summed E-state index contributed by atoms with van der Waals surface area (Å²) in [7, 11) is 3.99. The smallest absolute Gasteiger partial charge is 0.185 e. The van der Waals surface area contributed by atoms with E-state index in [-0.39, 0.29) is 0 Å². The molecule has 0 fully saturated rings. The standard InChI is InChI=1S/C12H16N4S/c1-13-7-11-9-17-12(15-11)16(2)8-10-3-5-14-6-4-10/h3-6,9,13H,7-8H2,1-2H3. The molecule has 2 aromatic heterocycles. The minimum Gasteiger partial charge on any atom is -0.347 e. The second-order valence-electron chi connectivity index (χ2n) is 3.86. The van der Waals surface area contributed by atoms with Gasteiger partial charge in [0.15, 0.2) is 5.13 Å². The van der Waals surface area contributed by atoms with E-state index in [2.05, 4.69) is 32.6 Å². The number of hydrogen-bond acceptors (Lipinski definition) is 5. The first-order chi connectivity index (χ1) is 8.29. The zero-order valence-corrected chi connectivity index (χ0v) is 10.9. The summed E-state index contributed by atoms with van der Waals surface area (Å²) >= 11 is 1.68. The topological polar surface area (TPSA) is 41.0 Å². The molecular weight excluding hydrogens is 232 g/mol. The molecule has 0 amide bonds. The first-order valence-electron chi connectivity index (χ1n) is 5.48. The number of nitrogens with one attached hydrogen (secondary N) is 1. The van der Waals surface area contributed by atoms with E-state index in [9.17, 15) is 0 Å². The number of anilines is 1. The zero-order chi connectivity index (χ0) is 12.1. The third-order valence-electron chi connectivity index (χ3n) is 2.39. The van der Waals surface area contributed by atoms with Gasteiger partial charge in [-0.2, -0.15) is 0 Å². The lowest BCUT2D eigenvalue weighted by molar-refractivity contribution is 0.792. The Morgan fingerprint density at radius 3 is 2.82 bits per heavy atom. The van der Waals surface area contributed by atoms with Crippen molar-refractivity contribution in [3.8, 4) is 0 Å². The highest BCUT2D eigenvalue weighted by atomic mass is 32.1. The molecule has 0 saturated carbocycles. The van der Waals surface area contributed by atoms with Crippen molar-refractivity contribution in [2.24, 2.45) is 0 Å². The highest BCUT2D eigenvalue weighted by Gasteiger charge is 2.07. The molecule has 17 heavy (non-hydrogen) atoms. The zero-order valence-electron chi connectivity index (χ0n) is 10.1. The molecule has 0 atom stereocenters. The molecule has 0 spiro atoms. The second-order valence-corrected chi connectivity index (χ2v) is 4.70. The van der Waals surface area contributed by atoms with Gasteiger partial charge in [0.1, 0.15) is 0 Å². The van der Waals surface area contributed by atoms with Gasteiger partial charge in [-0.3, -0.25) is 4.98 Å². The van der Waals surface area contributed by atoms with Crippen LogP contribution < -0.4 is 10.2 Å². The highest BCUT2D eigenvalue weighted by Crippen LogP contribution is 2.20. The van der Waals surface area contributed by atoms with E-state index in [1.54, 1.807) is 11.3 Å². The van der Waals surface area contributed by atoms with Gasteiger partial charge in [-0.05, 0) is 24.7 Å². The Morgan fingerprint density at radius 1 is 1.35 bits per heavy atom. The van der Waals surface area contributed by atoms with Gasteiger partial charge in [-0.1, -0.05) is 0 Å². The van der Waals surface area contributed by atoms with Gasteiger partial charge < -0.3 is 10.2 Å². The summed E-state index contributed by atoms with van der Waals surface area (Å²) in [5, 5.41) is 6.24. The number of rotatable bonds is 5. The van der Waals surface area contributed by atoms with Crippen LogP contribution in [0.3, 0.4) is 0 Å². The highest BCUT2D eigenvalue weighted by molar-refractivity contribution is 7.13. The summed E-state index contributed by atoms with van der Waals surface area (Å²) in [6, 6.07) is 4.05. The van der Waals surface area contributed by atoms with E-state index >= 15 is 0 Å². The first-order valence-corrected chi connectivity index (χ1v) is 6.36. The summed E-state index contributed by atoms with van der Waals surface area (Å²) in [5.41, 5.74) is 2.34. The molecule has 90 valence electrons. The Kier molecular flexibility index (Phi) is 4.06. The van der Waals surface area contributed by atoms with Gasteiger partial charge in [0, 0.05) is 37.9 Å². The number of pyridine rings is 1. The Balaban J connectivity index is 2.01. The average Bonchev–Trinajstić information content (AvgIpc) is 2.79. The molecule has 2 rings (SSSR count). The maximum absolute atomic E-state index is 4.56. The van der Waals surface area contributed by atoms with E-state index in [0.717, 1.165) is 23.9 Å². The molecule has 0 unspecified atom stereocenters. The average molecular weight is 248 g/mol. The normalized spacial score (nSPS) is 10.5. The Hall–Kier alpha value is -1.46. The lowest BCUT2D eigenvalue weighted by atomic mass is 10.2. The van der Waals surface area contributed by atoms with E-state index in [1.807, 2.05) is 31.6 Å². The largest absolute Gasteiger partial charge is 0.347 e. The molecule has 0 bridgehead atoms. The van der Waals surface area contributed by atoms with Gasteiger partial charge in [0.05, 0.1) is 5.69 Å². The van der Waals surface area contributed by atoms with Gasteiger partial charge in [-0.15, -0.1) is 11.3 Å². The van der Waals surface area contributed by atoms with E-state index in [0.29, 0.717) is 0 Å². The molecule has 2 aromatic rings. The molecule has 4 nitrogen and oxygen atoms in total. The quantitative estimate of drug-likeness (QED) is 0.877. The van der Waals surface area contributed by atoms with Crippen molar-refractivity contribution in [3.05, 3.63) is 41.2 Å². The fraction of sp³-hybridized carbons (Fsp3) is 0.333. The Morgan fingerprint density at radius 2 is 2.12 bits per heavy atom. The fourth-order valence-electron chi connectivity index (χ4n) is 1.56. The SMILES string of the molecule is CNCc1csc(N(C)Cc2ccncc2)n1. The number of thiazole rings is 1. The minimum absolute atomic E-state index is 0.819. The van der Waals surface area contributed by atoms with Crippen LogP contribution in [0.15, 0.2) is 29.9 Å². The molecule has 5 heteroatoms. The molecule has 0 aromatic carbocycles. The fourth-order valence-corrected chi connectivity index (χ4v) is 2.36. The maximum Gasteiger partial charge on any atom is 0.185 e. The molecule has 0 radical (unpaired) electrons. The molecular formula is C12H16N4S. The van der Waals surface area contributed by atoms with Crippen LogP contribution in [0.4, 0.5) is 5.13 Å². The lowest BCUT2D eigenvalue weighted by Crippen LogP contribution is -2.16. The summed E-state index contributed by atoms with van der Waals surface area (Å²) in [4.78, 5) is 10.7. The van der Waals surface area contributed by atoms with Crippen molar-refractivity contribution in [2.45, 2.75) is 13.1 Å². The molecule has 0 aliphatic carbocycles. The van der Waals surface area contributed by atoms with Crippen LogP contribution >= 0.6 is 11.3 Å². The van der Waals surface area contributed by atoms with Crippen LogP contribution in [0.2, 0.25) is 0 Å². The predicted octanol–water partition coefficient (Wildman–Crippen LogP) is 1.89. The van der Waals surface area contributed by atoms with Crippen molar-refractivity contribution in [1.29, 1.82) is 0 Å². The van der Waals surface area contributed by atoms with Crippen molar-refractivity contribution in [1.82, 2.24) is 15.3 Å². The summed E-state index contributed by atoms with van der Waals surface area (Å²) in [6.45, 7) is 1.68. The van der Waals surface area contributed by atoms with Crippen LogP contribution in [0.5, 0.6) is 0 Å². The van der Waals surface area contributed by atoms with Crippen molar-refractivity contribution >= 4 is 16.5 Å². The third-order valence-corrected chi connectivity index (χ3v) is 3.40. The van der Waals surface area contributed by atoms with E-state index in [1.165, 1.54) is 5.56 Å². The van der Waals surface area contributed by atoms with Gasteiger partial charge in [0.2, 0.25) is 0 Å². The predicted molar refractivity (Wildman–Crippen MR) is 71.2 cm³/mol. The Labute approximate surface area is 105 Å². The van der Waals surface area contributed by atoms with Gasteiger partial charge in [-0.25, -0.2) is 4.98 Å². The number of hydrogen-bond donors (Lipinski definition) is 1. The Bertz CT molecular complexity index is 455. The summed E-state index contributed by atoms with van der Waals surface area (Å²) < 4.78 is 0.